The number of methoxy groups -OCH3 is 1. The van der Waals surface area contributed by atoms with Gasteiger partial charge in [0.15, 0.2) is 0 Å². The molecular formula is C15H19NO3. The first kappa shape index (κ1) is 13.7. The molecule has 1 aromatic carbocycles. The van der Waals surface area contributed by atoms with Crippen molar-refractivity contribution < 1.29 is 14.2 Å². The molecule has 0 saturated carbocycles. The van der Waals surface area contributed by atoms with E-state index in [0.717, 1.165) is 36.7 Å². The second-order valence-corrected chi connectivity index (χ2v) is 4.41. The molecule has 0 aromatic heterocycles. The Bertz CT molecular complexity index is 470. The number of nitrogens with two attached hydrogens (primary N) is 1. The van der Waals surface area contributed by atoms with Gasteiger partial charge in [0, 0.05) is 12.5 Å². The van der Waals surface area contributed by atoms with E-state index in [1.54, 1.807) is 7.11 Å². The molecule has 0 bridgehead atoms. The molecule has 4 heteroatoms. The molecule has 4 nitrogen and oxygen atoms in total. The molecule has 0 aliphatic carbocycles. The first-order chi connectivity index (χ1) is 9.33. The maximum absolute atomic E-state index is 5.84. The molecule has 102 valence electrons. The molecule has 1 heterocycles. The Labute approximate surface area is 113 Å². The lowest BCUT2D eigenvalue weighted by Gasteiger charge is -2.12. The van der Waals surface area contributed by atoms with E-state index in [1.165, 1.54) is 0 Å². The molecule has 2 N–H and O–H groups in total. The van der Waals surface area contributed by atoms with Crippen molar-refractivity contribution >= 4 is 0 Å². The smallest absolute Gasteiger partial charge is 0.135 e. The highest BCUT2D eigenvalue weighted by Gasteiger charge is 2.16. The number of benzene rings is 1. The van der Waals surface area contributed by atoms with Gasteiger partial charge in [-0.05, 0) is 24.6 Å². The van der Waals surface area contributed by atoms with Crippen LogP contribution < -0.4 is 15.2 Å². The highest BCUT2D eigenvalue weighted by Crippen LogP contribution is 2.24. The van der Waals surface area contributed by atoms with Crippen LogP contribution in [0.5, 0.6) is 11.5 Å². The fourth-order valence-electron chi connectivity index (χ4n) is 1.93. The highest BCUT2D eigenvalue weighted by molar-refractivity contribution is 5.50. The standard InChI is InChI=1S/C15H19NO3/c1-17-14-4-5-15(13(9-14)3-2-7-16)19-11-12-6-8-18-10-12/h4-5,9,12H,6-8,10-11,16H2,1H3. The number of hydrogen-bond donors (Lipinski definition) is 1. The van der Waals surface area contributed by atoms with Gasteiger partial charge >= 0.3 is 0 Å². The molecule has 1 saturated heterocycles. The van der Waals surface area contributed by atoms with E-state index in [2.05, 4.69) is 11.8 Å². The van der Waals surface area contributed by atoms with Gasteiger partial charge in [-0.2, -0.15) is 0 Å². The molecule has 0 spiro atoms. The van der Waals surface area contributed by atoms with Crippen LogP contribution in [0.15, 0.2) is 18.2 Å². The Hall–Kier alpha value is -1.70. The minimum Gasteiger partial charge on any atom is -0.497 e. The predicted octanol–water partition coefficient (Wildman–Crippen LogP) is 1.42. The molecule has 1 atom stereocenters. The van der Waals surface area contributed by atoms with Crippen LogP contribution in [0.1, 0.15) is 12.0 Å². The first-order valence-corrected chi connectivity index (χ1v) is 6.41. The Morgan fingerprint density at radius 1 is 1.47 bits per heavy atom. The fraction of sp³-hybridized carbons (Fsp3) is 0.467. The fourth-order valence-corrected chi connectivity index (χ4v) is 1.93. The molecule has 1 unspecified atom stereocenters. The molecule has 1 fully saturated rings. The molecule has 0 radical (unpaired) electrons. The zero-order valence-electron chi connectivity index (χ0n) is 11.1. The van der Waals surface area contributed by atoms with E-state index >= 15 is 0 Å². The number of rotatable bonds is 4. The highest BCUT2D eigenvalue weighted by atomic mass is 16.5. The van der Waals surface area contributed by atoms with Gasteiger partial charge in [0.1, 0.15) is 11.5 Å². The van der Waals surface area contributed by atoms with Crippen molar-refractivity contribution in [3.63, 3.8) is 0 Å². The molecule has 1 aliphatic rings. The minimum absolute atomic E-state index is 0.327. The van der Waals surface area contributed by atoms with Crippen molar-refractivity contribution in [2.24, 2.45) is 11.7 Å². The summed E-state index contributed by atoms with van der Waals surface area (Å²) in [6, 6.07) is 5.62. The van der Waals surface area contributed by atoms with Gasteiger partial charge in [-0.3, -0.25) is 0 Å². The zero-order valence-corrected chi connectivity index (χ0v) is 11.1. The Morgan fingerprint density at radius 2 is 2.37 bits per heavy atom. The van der Waals surface area contributed by atoms with Crippen LogP contribution in [0.2, 0.25) is 0 Å². The van der Waals surface area contributed by atoms with E-state index in [9.17, 15) is 0 Å². The van der Waals surface area contributed by atoms with E-state index in [0.29, 0.717) is 19.1 Å². The van der Waals surface area contributed by atoms with Gasteiger partial charge in [-0.15, -0.1) is 0 Å². The Balaban J connectivity index is 2.08. The lowest BCUT2D eigenvalue weighted by Crippen LogP contribution is -2.12. The summed E-state index contributed by atoms with van der Waals surface area (Å²) < 4.78 is 16.4. The van der Waals surface area contributed by atoms with Crippen LogP contribution >= 0.6 is 0 Å². The Morgan fingerprint density at radius 3 is 3.05 bits per heavy atom. The van der Waals surface area contributed by atoms with E-state index < -0.39 is 0 Å². The zero-order chi connectivity index (χ0) is 13.5. The van der Waals surface area contributed by atoms with Crippen molar-refractivity contribution in [3.05, 3.63) is 23.8 Å². The summed E-state index contributed by atoms with van der Waals surface area (Å²) >= 11 is 0. The van der Waals surface area contributed by atoms with E-state index in [4.69, 9.17) is 19.9 Å². The van der Waals surface area contributed by atoms with Gasteiger partial charge in [0.25, 0.3) is 0 Å². The van der Waals surface area contributed by atoms with Crippen LogP contribution in [0.4, 0.5) is 0 Å². The molecule has 19 heavy (non-hydrogen) atoms. The summed E-state index contributed by atoms with van der Waals surface area (Å²) in [6.07, 6.45) is 1.06. The van der Waals surface area contributed by atoms with E-state index in [1.807, 2.05) is 18.2 Å². The van der Waals surface area contributed by atoms with Crippen molar-refractivity contribution in [2.75, 3.05) is 33.5 Å². The largest absolute Gasteiger partial charge is 0.497 e. The molecule has 0 amide bonds. The van der Waals surface area contributed by atoms with Crippen molar-refractivity contribution in [1.82, 2.24) is 0 Å². The summed E-state index contributed by atoms with van der Waals surface area (Å²) in [5.41, 5.74) is 6.22. The van der Waals surface area contributed by atoms with E-state index in [-0.39, 0.29) is 0 Å². The maximum atomic E-state index is 5.84. The monoisotopic (exact) mass is 261 g/mol. The lowest BCUT2D eigenvalue weighted by molar-refractivity contribution is 0.167. The average Bonchev–Trinajstić information content (AvgIpc) is 2.96. The predicted molar refractivity (Wildman–Crippen MR) is 73.3 cm³/mol. The average molecular weight is 261 g/mol. The minimum atomic E-state index is 0.327. The normalized spacial score (nSPS) is 17.7. The quantitative estimate of drug-likeness (QED) is 0.833. The topological polar surface area (TPSA) is 53.7 Å². The third-order valence-corrected chi connectivity index (χ3v) is 3.01. The second-order valence-electron chi connectivity index (χ2n) is 4.41. The van der Waals surface area contributed by atoms with Gasteiger partial charge in [-0.25, -0.2) is 0 Å². The summed E-state index contributed by atoms with van der Waals surface area (Å²) in [5.74, 6) is 7.86. The summed E-state index contributed by atoms with van der Waals surface area (Å²) in [6.45, 7) is 2.59. The van der Waals surface area contributed by atoms with Gasteiger partial charge in [0.05, 0.1) is 32.4 Å². The third-order valence-electron chi connectivity index (χ3n) is 3.01. The van der Waals surface area contributed by atoms with Crippen LogP contribution in [0, 0.1) is 17.8 Å². The van der Waals surface area contributed by atoms with Crippen LogP contribution in [0.25, 0.3) is 0 Å². The van der Waals surface area contributed by atoms with Crippen molar-refractivity contribution in [2.45, 2.75) is 6.42 Å². The van der Waals surface area contributed by atoms with Crippen LogP contribution in [0.3, 0.4) is 0 Å². The first-order valence-electron chi connectivity index (χ1n) is 6.41. The third kappa shape index (κ3) is 3.88. The molecule has 1 aliphatic heterocycles. The van der Waals surface area contributed by atoms with Crippen LogP contribution in [-0.4, -0.2) is 33.5 Å². The van der Waals surface area contributed by atoms with Crippen LogP contribution in [-0.2, 0) is 4.74 Å². The Kier molecular flexibility index (Phi) is 5.08. The van der Waals surface area contributed by atoms with Gasteiger partial charge in [0.2, 0.25) is 0 Å². The summed E-state index contributed by atoms with van der Waals surface area (Å²) in [7, 11) is 1.63. The van der Waals surface area contributed by atoms with Gasteiger partial charge < -0.3 is 19.9 Å². The maximum Gasteiger partial charge on any atom is 0.135 e. The number of hydrogen-bond acceptors (Lipinski definition) is 4. The van der Waals surface area contributed by atoms with Gasteiger partial charge in [-0.1, -0.05) is 11.8 Å². The van der Waals surface area contributed by atoms with Crippen molar-refractivity contribution in [1.29, 1.82) is 0 Å². The van der Waals surface area contributed by atoms with Crippen molar-refractivity contribution in [3.8, 4) is 23.3 Å². The summed E-state index contributed by atoms with van der Waals surface area (Å²) in [5, 5.41) is 0. The molecule has 2 rings (SSSR count). The number of ether oxygens (including phenoxy) is 3. The molecular weight excluding hydrogens is 242 g/mol. The SMILES string of the molecule is COc1ccc(OCC2CCOC2)c(C#CCN)c1. The second kappa shape index (κ2) is 7.03. The summed E-state index contributed by atoms with van der Waals surface area (Å²) in [4.78, 5) is 0. The lowest BCUT2D eigenvalue weighted by atomic mass is 10.1. The molecule has 1 aromatic rings.